The summed E-state index contributed by atoms with van der Waals surface area (Å²) in [5.74, 6) is -3.23. The number of aromatic nitrogens is 2. The van der Waals surface area contributed by atoms with E-state index in [4.69, 9.17) is 10.7 Å². The first-order valence-electron chi connectivity index (χ1n) is 13.7. The second kappa shape index (κ2) is 9.90. The summed E-state index contributed by atoms with van der Waals surface area (Å²) in [4.78, 5) is 25.6. The highest BCUT2D eigenvalue weighted by Gasteiger charge is 2.46. The zero-order valence-electron chi connectivity index (χ0n) is 23.2. The summed E-state index contributed by atoms with van der Waals surface area (Å²) in [7, 11) is -4.15. The molecule has 3 N–H and O–H groups in total. The van der Waals surface area contributed by atoms with Gasteiger partial charge in [0, 0.05) is 50.3 Å². The fourth-order valence-electron chi connectivity index (χ4n) is 5.69. The van der Waals surface area contributed by atoms with Crippen molar-refractivity contribution < 1.29 is 27.1 Å². The van der Waals surface area contributed by atoms with Gasteiger partial charge in [-0.2, -0.15) is 0 Å². The molecule has 40 heavy (non-hydrogen) atoms. The summed E-state index contributed by atoms with van der Waals surface area (Å²) in [5.41, 5.74) is 7.74. The lowest BCUT2D eigenvalue weighted by molar-refractivity contribution is -0.0222. The monoisotopic (exact) mass is 577 g/mol. The molecule has 1 amide bonds. The molecule has 3 aliphatic rings. The minimum Gasteiger partial charge on any atom is -0.395 e. The molecular weight excluding hydrogens is 540 g/mol. The lowest BCUT2D eigenvalue weighted by Gasteiger charge is -2.37. The minimum atomic E-state index is -4.15. The highest BCUT2D eigenvalue weighted by atomic mass is 32.2. The fourth-order valence-corrected chi connectivity index (χ4v) is 7.17. The number of aryl methyl sites for hydroxylation is 1. The summed E-state index contributed by atoms with van der Waals surface area (Å²) >= 11 is 0. The number of rotatable bonds is 7. The van der Waals surface area contributed by atoms with Gasteiger partial charge in [0.1, 0.15) is 0 Å². The second-order valence-corrected chi connectivity index (χ2v) is 14.7. The number of piperidine rings is 2. The summed E-state index contributed by atoms with van der Waals surface area (Å²) in [6.45, 7) is 5.35. The van der Waals surface area contributed by atoms with Crippen LogP contribution in [0.15, 0.2) is 23.1 Å². The zero-order chi connectivity index (χ0) is 29.1. The van der Waals surface area contributed by atoms with Crippen LogP contribution >= 0.6 is 0 Å². The maximum atomic E-state index is 14.0. The van der Waals surface area contributed by atoms with E-state index in [0.29, 0.717) is 29.9 Å². The van der Waals surface area contributed by atoms with E-state index in [1.807, 2.05) is 4.90 Å². The molecule has 12 heteroatoms. The molecule has 2 saturated heterocycles. The molecule has 1 aliphatic carbocycles. The molecule has 1 aromatic carbocycles. The van der Waals surface area contributed by atoms with E-state index in [2.05, 4.69) is 4.98 Å². The van der Waals surface area contributed by atoms with Gasteiger partial charge in [0.2, 0.25) is 5.95 Å². The number of alkyl halides is 2. The zero-order valence-corrected chi connectivity index (χ0v) is 24.0. The van der Waals surface area contributed by atoms with Crippen LogP contribution in [0.2, 0.25) is 0 Å². The molecular formula is C28H37F2N5O4S. The van der Waals surface area contributed by atoms with E-state index in [1.54, 1.807) is 17.9 Å². The molecule has 1 saturated carbocycles. The number of aliphatic hydroxyl groups is 1. The molecule has 0 bridgehead atoms. The molecule has 3 heterocycles. The van der Waals surface area contributed by atoms with Crippen LogP contribution in [0.3, 0.4) is 0 Å². The number of amides is 1. The first-order chi connectivity index (χ1) is 18.7. The fraction of sp³-hybridized carbons (Fsp3) is 0.607. The molecule has 1 aromatic heterocycles. The van der Waals surface area contributed by atoms with Crippen LogP contribution in [0.25, 0.3) is 11.3 Å². The lowest BCUT2D eigenvalue weighted by Crippen LogP contribution is -2.40. The lowest BCUT2D eigenvalue weighted by atomic mass is 9.91. The summed E-state index contributed by atoms with van der Waals surface area (Å²) in [6.07, 6.45) is 3.50. The third kappa shape index (κ3) is 5.15. The number of hydrogen-bond donors (Lipinski definition) is 2. The van der Waals surface area contributed by atoms with Crippen molar-refractivity contribution in [3.8, 4) is 11.3 Å². The smallest absolute Gasteiger partial charge is 0.251 e. The van der Waals surface area contributed by atoms with E-state index in [1.165, 1.54) is 38.8 Å². The molecule has 2 aliphatic heterocycles. The topological polar surface area (TPSA) is 130 Å². The van der Waals surface area contributed by atoms with Crippen LogP contribution < -0.4 is 15.5 Å². The Bertz CT molecular complexity index is 1420. The van der Waals surface area contributed by atoms with E-state index in [9.17, 15) is 27.1 Å². The Labute approximate surface area is 233 Å². The van der Waals surface area contributed by atoms with Gasteiger partial charge < -0.3 is 20.6 Å². The number of anilines is 2. The van der Waals surface area contributed by atoms with E-state index < -0.39 is 33.0 Å². The number of primary amides is 1. The van der Waals surface area contributed by atoms with Crippen molar-refractivity contribution in [2.24, 2.45) is 11.1 Å². The van der Waals surface area contributed by atoms with Crippen LogP contribution in [0.5, 0.6) is 0 Å². The Morgan fingerprint density at radius 3 is 2.17 bits per heavy atom. The number of hydrogen-bond acceptors (Lipinski definition) is 8. The van der Waals surface area contributed by atoms with Gasteiger partial charge in [0.05, 0.1) is 33.2 Å². The second-order valence-electron chi connectivity index (χ2n) is 12.1. The van der Waals surface area contributed by atoms with Gasteiger partial charge in [-0.1, -0.05) is 0 Å². The molecule has 0 atom stereocenters. The summed E-state index contributed by atoms with van der Waals surface area (Å²) in [5, 5.41) is 10.0. The Balaban J connectivity index is 1.73. The highest BCUT2D eigenvalue weighted by Crippen LogP contribution is 2.55. The van der Waals surface area contributed by atoms with Gasteiger partial charge in [0.25, 0.3) is 11.8 Å². The molecule has 0 radical (unpaired) electrons. The number of benzene rings is 1. The SMILES string of the molecule is Cc1cc(-c2c(S(=O)(=O)C(C)(C)CO)ccc(C(N)=O)c2N2CCC3(CC2)CC3)nc(N2CCC(F)(F)CC2)n1. The van der Waals surface area contributed by atoms with Gasteiger partial charge in [-0.25, -0.2) is 27.2 Å². The van der Waals surface area contributed by atoms with Crippen molar-refractivity contribution >= 4 is 27.4 Å². The highest BCUT2D eigenvalue weighted by molar-refractivity contribution is 7.93. The van der Waals surface area contributed by atoms with Gasteiger partial charge >= 0.3 is 0 Å². The number of halogens is 2. The summed E-state index contributed by atoms with van der Waals surface area (Å²) in [6, 6.07) is 4.43. The third-order valence-corrected chi connectivity index (χ3v) is 11.3. The predicted molar refractivity (Wildman–Crippen MR) is 149 cm³/mol. The van der Waals surface area contributed by atoms with Crippen LogP contribution in [-0.2, 0) is 9.84 Å². The number of nitrogens with two attached hydrogens (primary N) is 1. The summed E-state index contributed by atoms with van der Waals surface area (Å²) < 4.78 is 54.3. The number of carbonyl (C=O) groups excluding carboxylic acids is 1. The van der Waals surface area contributed by atoms with E-state index >= 15 is 0 Å². The average Bonchev–Trinajstić information content (AvgIpc) is 3.66. The number of carbonyl (C=O) groups is 1. The van der Waals surface area contributed by atoms with E-state index in [0.717, 1.165) is 12.8 Å². The standard InChI is InChI=1S/C28H37F2N5O4S/c1-18-16-20(33-25(32-18)35-14-10-28(29,30)11-15-35)22-21(40(38,39)26(2,3)17-36)5-4-19(24(31)37)23(22)34-12-8-27(6-7-27)9-13-34/h4-5,16,36H,6-15,17H2,1-3H3,(H2,31,37). The van der Waals surface area contributed by atoms with Gasteiger partial charge in [-0.05, 0) is 70.1 Å². The Kier molecular flexibility index (Phi) is 7.09. The van der Waals surface area contributed by atoms with E-state index in [-0.39, 0.29) is 53.6 Å². The van der Waals surface area contributed by atoms with Gasteiger partial charge in [-0.3, -0.25) is 4.79 Å². The van der Waals surface area contributed by atoms with Crippen molar-refractivity contribution in [1.82, 2.24) is 9.97 Å². The first kappa shape index (κ1) is 28.7. The average molecular weight is 578 g/mol. The maximum Gasteiger partial charge on any atom is 0.251 e. The normalized spacial score (nSPS) is 20.6. The van der Waals surface area contributed by atoms with Crippen LogP contribution in [-0.4, -0.2) is 72.9 Å². The van der Waals surface area contributed by atoms with Gasteiger partial charge in [0.15, 0.2) is 9.84 Å². The largest absolute Gasteiger partial charge is 0.395 e. The van der Waals surface area contributed by atoms with Crippen molar-refractivity contribution in [2.45, 2.75) is 74.9 Å². The molecule has 2 aromatic rings. The number of nitrogens with zero attached hydrogens (tertiary/aromatic N) is 4. The molecule has 0 unspecified atom stereocenters. The van der Waals surface area contributed by atoms with Crippen molar-refractivity contribution in [3.63, 3.8) is 0 Å². The Hall–Kier alpha value is -2.86. The number of sulfone groups is 1. The molecule has 3 fully saturated rings. The van der Waals surface area contributed by atoms with Crippen molar-refractivity contribution in [1.29, 1.82) is 0 Å². The molecule has 5 rings (SSSR count). The molecule has 1 spiro atoms. The Morgan fingerprint density at radius 1 is 1.02 bits per heavy atom. The molecule has 218 valence electrons. The predicted octanol–water partition coefficient (Wildman–Crippen LogP) is 3.71. The Morgan fingerprint density at radius 2 is 1.62 bits per heavy atom. The first-order valence-corrected chi connectivity index (χ1v) is 15.2. The van der Waals surface area contributed by atoms with Crippen LogP contribution in [0, 0.1) is 12.3 Å². The number of aliphatic hydroxyl groups excluding tert-OH is 1. The quantitative estimate of drug-likeness (QED) is 0.510. The molecule has 9 nitrogen and oxygen atoms in total. The maximum absolute atomic E-state index is 14.0. The van der Waals surface area contributed by atoms with Crippen molar-refractivity contribution in [3.05, 3.63) is 29.5 Å². The van der Waals surface area contributed by atoms with Crippen LogP contribution in [0.1, 0.15) is 68.4 Å². The third-order valence-electron chi connectivity index (χ3n) is 8.78. The minimum absolute atomic E-state index is 0.0565. The van der Waals surface area contributed by atoms with Crippen LogP contribution in [0.4, 0.5) is 20.4 Å². The van der Waals surface area contributed by atoms with Gasteiger partial charge in [-0.15, -0.1) is 0 Å². The van der Waals surface area contributed by atoms with Crippen molar-refractivity contribution in [2.75, 3.05) is 42.6 Å².